The fourth-order valence-corrected chi connectivity index (χ4v) is 2.81. The van der Waals surface area contributed by atoms with Gasteiger partial charge in [-0.05, 0) is 37.3 Å². The van der Waals surface area contributed by atoms with Crippen LogP contribution in [0.15, 0.2) is 53.1 Å². The zero-order chi connectivity index (χ0) is 18.8. The van der Waals surface area contributed by atoms with Gasteiger partial charge in [0.1, 0.15) is 5.75 Å². The number of carboxylic acids is 1. The average Bonchev–Trinajstić information content (AvgIpc) is 2.90. The van der Waals surface area contributed by atoms with Crippen LogP contribution in [-0.4, -0.2) is 29.8 Å². The molecular formula is C19H15ClN2O4. The minimum atomic E-state index is -1.17. The van der Waals surface area contributed by atoms with Crippen LogP contribution in [0.3, 0.4) is 0 Å². The molecule has 0 spiro atoms. The van der Waals surface area contributed by atoms with E-state index in [2.05, 4.69) is 5.10 Å². The first-order chi connectivity index (χ1) is 12.4. The van der Waals surface area contributed by atoms with Gasteiger partial charge in [-0.15, -0.1) is 0 Å². The second-order valence-corrected chi connectivity index (χ2v) is 5.98. The lowest BCUT2D eigenvalue weighted by molar-refractivity contribution is -0.114. The monoisotopic (exact) mass is 370 g/mol. The lowest BCUT2D eigenvalue weighted by Gasteiger charge is -2.13. The molecule has 0 saturated carbocycles. The molecule has 132 valence electrons. The third kappa shape index (κ3) is 3.19. The van der Waals surface area contributed by atoms with Gasteiger partial charge < -0.3 is 9.84 Å². The molecule has 26 heavy (non-hydrogen) atoms. The quantitative estimate of drug-likeness (QED) is 0.829. The van der Waals surface area contributed by atoms with Crippen molar-refractivity contribution in [1.29, 1.82) is 0 Å². The zero-order valence-corrected chi connectivity index (χ0v) is 14.8. The second-order valence-electron chi connectivity index (χ2n) is 5.57. The molecule has 1 aliphatic heterocycles. The zero-order valence-electron chi connectivity index (χ0n) is 14.1. The van der Waals surface area contributed by atoms with E-state index in [1.807, 2.05) is 18.2 Å². The van der Waals surface area contributed by atoms with Gasteiger partial charge in [0, 0.05) is 5.56 Å². The van der Waals surface area contributed by atoms with Crippen molar-refractivity contribution in [3.05, 3.63) is 64.2 Å². The third-order valence-electron chi connectivity index (χ3n) is 3.93. The molecule has 1 heterocycles. The predicted octanol–water partition coefficient (Wildman–Crippen LogP) is 3.85. The number of hydrazone groups is 1. The van der Waals surface area contributed by atoms with E-state index in [4.69, 9.17) is 16.3 Å². The molecule has 1 aliphatic rings. The van der Waals surface area contributed by atoms with E-state index in [9.17, 15) is 14.7 Å². The maximum atomic E-state index is 12.8. The van der Waals surface area contributed by atoms with Crippen molar-refractivity contribution in [3.63, 3.8) is 0 Å². The molecule has 3 rings (SSSR count). The number of carboxylic acid groups (broad SMARTS) is 1. The van der Waals surface area contributed by atoms with E-state index in [1.54, 1.807) is 32.2 Å². The Balaban J connectivity index is 2.00. The molecule has 0 unspecified atom stereocenters. The number of carbonyl (C=O) groups is 2. The number of benzene rings is 2. The van der Waals surface area contributed by atoms with Gasteiger partial charge in [0.2, 0.25) is 0 Å². The Hall–Kier alpha value is -3.12. The first-order valence-electron chi connectivity index (χ1n) is 7.70. The van der Waals surface area contributed by atoms with Crippen LogP contribution in [-0.2, 0) is 4.79 Å². The number of amides is 1. The topological polar surface area (TPSA) is 79.2 Å². The number of aromatic carboxylic acids is 1. The number of ether oxygens (including phenoxy) is 1. The Morgan fingerprint density at radius 1 is 1.27 bits per heavy atom. The standard InChI is InChI=1S/C19H15ClN2O4/c1-11-14(9-12-5-3-4-6-17(12)26-2)18(23)22(21-11)13-7-8-16(20)15(10-13)19(24)25/h3-10H,1-2H3,(H,24,25)/b14-9+. The largest absolute Gasteiger partial charge is 0.496 e. The summed E-state index contributed by atoms with van der Waals surface area (Å²) in [5.74, 6) is -0.889. The number of halogens is 1. The van der Waals surface area contributed by atoms with Crippen molar-refractivity contribution < 1.29 is 19.4 Å². The normalized spacial score (nSPS) is 15.3. The van der Waals surface area contributed by atoms with E-state index in [1.165, 1.54) is 17.1 Å². The number of carbonyl (C=O) groups excluding carboxylic acids is 1. The summed E-state index contributed by atoms with van der Waals surface area (Å²) in [4.78, 5) is 24.1. The Morgan fingerprint density at radius 2 is 2.00 bits per heavy atom. The Labute approximate surface area is 155 Å². The molecule has 0 aromatic heterocycles. The highest BCUT2D eigenvalue weighted by atomic mass is 35.5. The summed E-state index contributed by atoms with van der Waals surface area (Å²) in [6, 6.07) is 11.6. The Kier molecular flexibility index (Phi) is 4.77. The number of rotatable bonds is 4. The van der Waals surface area contributed by atoms with E-state index in [0.717, 1.165) is 5.56 Å². The van der Waals surface area contributed by atoms with E-state index in [-0.39, 0.29) is 16.5 Å². The predicted molar refractivity (Wildman–Crippen MR) is 100.0 cm³/mol. The summed E-state index contributed by atoms with van der Waals surface area (Å²) < 4.78 is 5.30. The van der Waals surface area contributed by atoms with Gasteiger partial charge in [0.15, 0.2) is 0 Å². The van der Waals surface area contributed by atoms with Crippen LogP contribution in [0.2, 0.25) is 5.02 Å². The SMILES string of the molecule is COc1ccccc1/C=C1/C(=O)N(c2ccc(Cl)c(C(=O)O)c2)N=C1C. The Bertz CT molecular complexity index is 966. The summed E-state index contributed by atoms with van der Waals surface area (Å²) in [5, 5.41) is 14.7. The molecule has 7 heteroatoms. The Morgan fingerprint density at radius 3 is 2.69 bits per heavy atom. The minimum absolute atomic E-state index is 0.0908. The van der Waals surface area contributed by atoms with Crippen molar-refractivity contribution in [3.8, 4) is 5.75 Å². The number of nitrogens with zero attached hydrogens (tertiary/aromatic N) is 2. The number of anilines is 1. The van der Waals surface area contributed by atoms with Gasteiger partial charge in [0.25, 0.3) is 5.91 Å². The van der Waals surface area contributed by atoms with E-state index in [0.29, 0.717) is 22.7 Å². The summed E-state index contributed by atoms with van der Waals surface area (Å²) in [6.07, 6.45) is 1.70. The third-order valence-corrected chi connectivity index (χ3v) is 4.26. The van der Waals surface area contributed by atoms with Crippen molar-refractivity contribution in [2.24, 2.45) is 5.10 Å². The number of para-hydroxylation sites is 1. The molecule has 0 radical (unpaired) electrons. The van der Waals surface area contributed by atoms with Crippen LogP contribution in [0.4, 0.5) is 5.69 Å². The summed E-state index contributed by atoms with van der Waals surface area (Å²) in [5.41, 5.74) is 1.91. The van der Waals surface area contributed by atoms with Crippen LogP contribution in [0.5, 0.6) is 5.75 Å². The molecule has 0 fully saturated rings. The first kappa shape index (κ1) is 17.7. The van der Waals surface area contributed by atoms with Gasteiger partial charge in [-0.1, -0.05) is 29.8 Å². The highest BCUT2D eigenvalue weighted by Crippen LogP contribution is 2.30. The minimum Gasteiger partial charge on any atom is -0.496 e. The molecule has 2 aromatic rings. The van der Waals surface area contributed by atoms with Crippen molar-refractivity contribution in [1.82, 2.24) is 0 Å². The smallest absolute Gasteiger partial charge is 0.337 e. The van der Waals surface area contributed by atoms with Crippen LogP contribution >= 0.6 is 11.6 Å². The maximum absolute atomic E-state index is 12.8. The van der Waals surface area contributed by atoms with Gasteiger partial charge in [-0.25, -0.2) is 4.79 Å². The molecule has 6 nitrogen and oxygen atoms in total. The van der Waals surface area contributed by atoms with Crippen LogP contribution in [0, 0.1) is 0 Å². The molecule has 0 saturated heterocycles. The van der Waals surface area contributed by atoms with E-state index >= 15 is 0 Å². The number of hydrogen-bond donors (Lipinski definition) is 1. The van der Waals surface area contributed by atoms with Crippen molar-refractivity contribution in [2.75, 3.05) is 12.1 Å². The van der Waals surface area contributed by atoms with Gasteiger partial charge in [-0.2, -0.15) is 10.1 Å². The van der Waals surface area contributed by atoms with Gasteiger partial charge in [-0.3, -0.25) is 4.79 Å². The van der Waals surface area contributed by atoms with Crippen molar-refractivity contribution >= 4 is 41.0 Å². The summed E-state index contributed by atoms with van der Waals surface area (Å²) in [7, 11) is 1.56. The first-order valence-corrected chi connectivity index (χ1v) is 8.07. The molecule has 0 bridgehead atoms. The highest BCUT2D eigenvalue weighted by molar-refractivity contribution is 6.34. The summed E-state index contributed by atoms with van der Waals surface area (Å²) >= 11 is 5.89. The van der Waals surface area contributed by atoms with Crippen molar-refractivity contribution in [2.45, 2.75) is 6.92 Å². The molecular weight excluding hydrogens is 356 g/mol. The second kappa shape index (κ2) is 7.01. The fraction of sp³-hybridized carbons (Fsp3) is 0.105. The van der Waals surface area contributed by atoms with Crippen LogP contribution in [0.1, 0.15) is 22.8 Å². The van der Waals surface area contributed by atoms with Gasteiger partial charge in [0.05, 0.1) is 34.7 Å². The molecule has 0 aliphatic carbocycles. The maximum Gasteiger partial charge on any atom is 0.337 e. The lowest BCUT2D eigenvalue weighted by Crippen LogP contribution is -2.21. The van der Waals surface area contributed by atoms with Crippen LogP contribution in [0.25, 0.3) is 6.08 Å². The number of hydrogen-bond acceptors (Lipinski definition) is 4. The summed E-state index contributed by atoms with van der Waals surface area (Å²) in [6.45, 7) is 1.72. The molecule has 1 N–H and O–H groups in total. The lowest BCUT2D eigenvalue weighted by atomic mass is 10.1. The molecule has 0 atom stereocenters. The van der Waals surface area contributed by atoms with Crippen LogP contribution < -0.4 is 9.75 Å². The highest BCUT2D eigenvalue weighted by Gasteiger charge is 2.29. The molecule has 2 aromatic carbocycles. The average molecular weight is 371 g/mol. The molecule has 1 amide bonds. The number of methoxy groups -OCH3 is 1. The van der Waals surface area contributed by atoms with E-state index < -0.39 is 5.97 Å². The van der Waals surface area contributed by atoms with Gasteiger partial charge >= 0.3 is 5.97 Å². The fourth-order valence-electron chi connectivity index (χ4n) is 2.61.